The minimum Gasteiger partial charge on any atom is -0.406 e. The first-order valence-electron chi connectivity index (χ1n) is 5.03. The molecule has 0 fully saturated rings. The van der Waals surface area contributed by atoms with Gasteiger partial charge in [0, 0.05) is 0 Å². The highest BCUT2D eigenvalue weighted by Gasteiger charge is 2.36. The molecule has 92 valence electrons. The van der Waals surface area contributed by atoms with Gasteiger partial charge in [-0.05, 0) is 24.1 Å². The SMILES string of the molecule is CC(C)(C)[Si](C)(C)OCC#CC(=O)C(F)F. The fourth-order valence-corrected chi connectivity index (χ4v) is 1.48. The van der Waals surface area contributed by atoms with Gasteiger partial charge in [-0.3, -0.25) is 4.79 Å². The van der Waals surface area contributed by atoms with Gasteiger partial charge in [-0.2, -0.15) is 0 Å². The van der Waals surface area contributed by atoms with Crippen LogP contribution < -0.4 is 0 Å². The van der Waals surface area contributed by atoms with Crippen molar-refractivity contribution in [3.05, 3.63) is 0 Å². The Balaban J connectivity index is 4.23. The molecule has 0 saturated carbocycles. The third-order valence-corrected chi connectivity index (χ3v) is 7.20. The van der Waals surface area contributed by atoms with Gasteiger partial charge >= 0.3 is 6.43 Å². The summed E-state index contributed by atoms with van der Waals surface area (Å²) in [6.45, 7) is 10.3. The van der Waals surface area contributed by atoms with Gasteiger partial charge in [0.15, 0.2) is 8.32 Å². The van der Waals surface area contributed by atoms with Crippen molar-refractivity contribution in [1.82, 2.24) is 0 Å². The zero-order valence-electron chi connectivity index (χ0n) is 10.4. The van der Waals surface area contributed by atoms with E-state index in [4.69, 9.17) is 4.43 Å². The normalized spacial score (nSPS) is 12.2. The van der Waals surface area contributed by atoms with Crippen LogP contribution in [0.15, 0.2) is 0 Å². The molecular weight excluding hydrogens is 230 g/mol. The zero-order valence-corrected chi connectivity index (χ0v) is 11.4. The molecule has 0 rings (SSSR count). The van der Waals surface area contributed by atoms with E-state index in [9.17, 15) is 13.6 Å². The Hall–Kier alpha value is -0.733. The van der Waals surface area contributed by atoms with Gasteiger partial charge in [0.25, 0.3) is 5.78 Å². The Kier molecular flexibility index (Phi) is 5.30. The molecule has 0 aliphatic rings. The van der Waals surface area contributed by atoms with Crippen molar-refractivity contribution in [3.8, 4) is 11.8 Å². The minimum absolute atomic E-state index is 0.0367. The highest BCUT2D eigenvalue weighted by Crippen LogP contribution is 2.36. The highest BCUT2D eigenvalue weighted by molar-refractivity contribution is 6.74. The van der Waals surface area contributed by atoms with E-state index in [0.29, 0.717) is 0 Å². The summed E-state index contributed by atoms with van der Waals surface area (Å²) in [4.78, 5) is 10.5. The van der Waals surface area contributed by atoms with Crippen LogP contribution in [-0.4, -0.2) is 27.1 Å². The van der Waals surface area contributed by atoms with Crippen molar-refractivity contribution in [2.24, 2.45) is 0 Å². The van der Waals surface area contributed by atoms with Crippen LogP contribution >= 0.6 is 0 Å². The molecule has 0 unspecified atom stereocenters. The Bertz CT molecular complexity index is 308. The Morgan fingerprint density at radius 2 is 1.88 bits per heavy atom. The summed E-state index contributed by atoms with van der Waals surface area (Å²) in [6.07, 6.45) is -3.01. The summed E-state index contributed by atoms with van der Waals surface area (Å²) in [5.74, 6) is 2.84. The fourth-order valence-electron chi connectivity index (χ4n) is 0.611. The second-order valence-electron chi connectivity index (χ2n) is 5.02. The summed E-state index contributed by atoms with van der Waals surface area (Å²) in [5.41, 5.74) is 0. The highest BCUT2D eigenvalue weighted by atomic mass is 28.4. The van der Waals surface area contributed by atoms with Crippen molar-refractivity contribution in [1.29, 1.82) is 0 Å². The van der Waals surface area contributed by atoms with Gasteiger partial charge in [0.1, 0.15) is 0 Å². The molecule has 0 aromatic carbocycles. The van der Waals surface area contributed by atoms with Crippen LogP contribution in [0.25, 0.3) is 0 Å². The smallest absolute Gasteiger partial charge is 0.308 e. The molecule has 0 aliphatic carbocycles. The van der Waals surface area contributed by atoms with E-state index in [-0.39, 0.29) is 11.6 Å². The van der Waals surface area contributed by atoms with Crippen LogP contribution in [0.5, 0.6) is 0 Å². The predicted octanol–water partition coefficient (Wildman–Crippen LogP) is 2.85. The van der Waals surface area contributed by atoms with Crippen LogP contribution in [0.4, 0.5) is 8.78 Å². The van der Waals surface area contributed by atoms with Gasteiger partial charge in [0.2, 0.25) is 0 Å². The first-order chi connectivity index (χ1) is 7.08. The van der Waals surface area contributed by atoms with Crippen LogP contribution in [0, 0.1) is 11.8 Å². The number of alkyl halides is 2. The molecule has 0 atom stereocenters. The number of ketones is 1. The van der Waals surface area contributed by atoms with Gasteiger partial charge in [0.05, 0.1) is 6.61 Å². The Morgan fingerprint density at radius 3 is 2.25 bits per heavy atom. The van der Waals surface area contributed by atoms with Gasteiger partial charge in [-0.25, -0.2) is 8.78 Å². The van der Waals surface area contributed by atoms with Crippen molar-refractivity contribution in [2.75, 3.05) is 6.61 Å². The monoisotopic (exact) mass is 248 g/mol. The Morgan fingerprint density at radius 1 is 1.38 bits per heavy atom. The van der Waals surface area contributed by atoms with Crippen LogP contribution in [0.1, 0.15) is 20.8 Å². The average Bonchev–Trinajstić information content (AvgIpc) is 2.09. The van der Waals surface area contributed by atoms with Crippen molar-refractivity contribution >= 4 is 14.1 Å². The molecule has 0 aromatic heterocycles. The summed E-state index contributed by atoms with van der Waals surface area (Å²) < 4.78 is 29.2. The van der Waals surface area contributed by atoms with Crippen molar-refractivity contribution in [2.45, 2.75) is 45.3 Å². The van der Waals surface area contributed by atoms with Gasteiger partial charge in [-0.15, -0.1) is 0 Å². The van der Waals surface area contributed by atoms with E-state index in [0.717, 1.165) is 0 Å². The molecule has 0 spiro atoms. The van der Waals surface area contributed by atoms with E-state index in [1.54, 1.807) is 0 Å². The lowest BCUT2D eigenvalue weighted by Crippen LogP contribution is -2.40. The summed E-state index contributed by atoms with van der Waals surface area (Å²) in [6, 6.07) is 0. The molecule has 16 heavy (non-hydrogen) atoms. The lowest BCUT2D eigenvalue weighted by atomic mass is 10.2. The first kappa shape index (κ1) is 15.3. The van der Waals surface area contributed by atoms with Gasteiger partial charge < -0.3 is 4.43 Å². The number of halogens is 2. The number of hydrogen-bond donors (Lipinski definition) is 0. The molecule has 0 bridgehead atoms. The molecule has 0 heterocycles. The maximum atomic E-state index is 11.8. The molecule has 2 nitrogen and oxygen atoms in total. The maximum absolute atomic E-state index is 11.8. The van der Waals surface area contributed by atoms with E-state index in [1.807, 2.05) is 19.0 Å². The van der Waals surface area contributed by atoms with Crippen LogP contribution in [-0.2, 0) is 9.22 Å². The molecule has 0 radical (unpaired) electrons. The third kappa shape index (κ3) is 4.86. The number of carbonyl (C=O) groups excluding carboxylic acids is 1. The zero-order chi connectivity index (χ0) is 13.0. The number of rotatable bonds is 3. The van der Waals surface area contributed by atoms with Crippen molar-refractivity contribution in [3.63, 3.8) is 0 Å². The topological polar surface area (TPSA) is 26.3 Å². The molecule has 0 aliphatic heterocycles. The number of Topliss-reactive ketones (excluding diaryl/α,β-unsaturated/α-hetero) is 1. The van der Waals surface area contributed by atoms with E-state index in [1.165, 1.54) is 0 Å². The standard InChI is InChI=1S/C11H18F2O2Si/c1-11(2,3)16(4,5)15-8-6-7-9(14)10(12)13/h10H,8H2,1-5H3. The van der Waals surface area contributed by atoms with E-state index < -0.39 is 20.5 Å². The molecule has 0 aromatic rings. The molecule has 0 saturated heterocycles. The fraction of sp³-hybridized carbons (Fsp3) is 0.727. The largest absolute Gasteiger partial charge is 0.406 e. The average molecular weight is 248 g/mol. The molecule has 0 amide bonds. The van der Waals surface area contributed by atoms with Crippen molar-refractivity contribution < 1.29 is 18.0 Å². The van der Waals surface area contributed by atoms with Crippen LogP contribution in [0.3, 0.4) is 0 Å². The predicted molar refractivity (Wildman–Crippen MR) is 61.9 cm³/mol. The molecule has 0 N–H and O–H groups in total. The summed E-state index contributed by atoms with van der Waals surface area (Å²) in [5, 5.41) is 0.0431. The summed E-state index contributed by atoms with van der Waals surface area (Å²) in [7, 11) is -1.91. The minimum atomic E-state index is -3.01. The quantitative estimate of drug-likeness (QED) is 0.436. The summed E-state index contributed by atoms with van der Waals surface area (Å²) >= 11 is 0. The third-order valence-electron chi connectivity index (χ3n) is 2.72. The number of carbonyl (C=O) groups is 1. The second-order valence-corrected chi connectivity index (χ2v) is 9.83. The molecule has 5 heteroatoms. The van der Waals surface area contributed by atoms with E-state index in [2.05, 4.69) is 26.7 Å². The van der Waals surface area contributed by atoms with Gasteiger partial charge in [-0.1, -0.05) is 26.7 Å². The van der Waals surface area contributed by atoms with E-state index >= 15 is 0 Å². The first-order valence-corrected chi connectivity index (χ1v) is 7.93. The van der Waals surface area contributed by atoms with Crippen LogP contribution in [0.2, 0.25) is 18.1 Å². The maximum Gasteiger partial charge on any atom is 0.308 e. The lowest BCUT2D eigenvalue weighted by Gasteiger charge is -2.35. The number of hydrogen-bond acceptors (Lipinski definition) is 2. The molecular formula is C11H18F2O2Si. The Labute approximate surface area is 96.5 Å². The lowest BCUT2D eigenvalue weighted by molar-refractivity contribution is -0.123. The second kappa shape index (κ2) is 5.55.